The Morgan fingerprint density at radius 1 is 1.57 bits per heavy atom. The molecule has 0 bridgehead atoms. The second-order valence-corrected chi connectivity index (χ2v) is 5.28. The van der Waals surface area contributed by atoms with Crippen molar-refractivity contribution < 1.29 is 19.4 Å². The first kappa shape index (κ1) is 15.7. The number of ether oxygens (including phenoxy) is 1. The topological polar surface area (TPSA) is 88.5 Å². The maximum atomic E-state index is 12.5. The highest BCUT2D eigenvalue weighted by atomic mass is 35.5. The van der Waals surface area contributed by atoms with E-state index in [1.165, 1.54) is 12.3 Å². The van der Waals surface area contributed by atoms with Crippen molar-refractivity contribution in [1.82, 2.24) is 10.3 Å². The number of esters is 1. The van der Waals surface area contributed by atoms with Crippen LogP contribution < -0.4 is 5.32 Å². The quantitative estimate of drug-likeness (QED) is 0.472. The maximum Gasteiger partial charge on any atom is 0.331 e. The number of Topliss-reactive ketones (excluding diaryl/α,β-unsaturated/α-hetero) is 1. The Hall–Kier alpha value is -1.66. The Kier molecular flexibility index (Phi) is 5.14. The number of hydrogen-bond acceptors (Lipinski definition) is 6. The molecule has 0 aromatic carbocycles. The number of carbonyl (C=O) groups is 2. The number of halogens is 1. The van der Waals surface area contributed by atoms with Gasteiger partial charge >= 0.3 is 5.97 Å². The van der Waals surface area contributed by atoms with Crippen molar-refractivity contribution in [2.24, 2.45) is 0 Å². The summed E-state index contributed by atoms with van der Waals surface area (Å²) in [6, 6.07) is 0.363. The van der Waals surface area contributed by atoms with E-state index in [0.717, 1.165) is 19.3 Å². The molecule has 2 N–H and O–H groups in total. The molecule has 21 heavy (non-hydrogen) atoms. The molecular formula is C14H17ClN2O4. The van der Waals surface area contributed by atoms with E-state index in [-0.39, 0.29) is 29.1 Å². The summed E-state index contributed by atoms with van der Waals surface area (Å²) in [5.41, 5.74) is 0.155. The van der Waals surface area contributed by atoms with Crippen LogP contribution in [0, 0.1) is 0 Å². The molecule has 1 aliphatic rings. The van der Waals surface area contributed by atoms with Crippen LogP contribution in [0.15, 0.2) is 12.3 Å². The minimum atomic E-state index is -1.07. The van der Waals surface area contributed by atoms with E-state index in [0.29, 0.717) is 0 Å². The Labute approximate surface area is 127 Å². The minimum Gasteiger partial charge on any atom is -0.492 e. The predicted octanol–water partition coefficient (Wildman–Crippen LogP) is 1.70. The van der Waals surface area contributed by atoms with Gasteiger partial charge in [-0.25, -0.2) is 9.78 Å². The molecule has 0 amide bonds. The first-order valence-electron chi connectivity index (χ1n) is 6.84. The molecule has 2 rings (SSSR count). The van der Waals surface area contributed by atoms with Crippen molar-refractivity contribution in [2.45, 2.75) is 38.3 Å². The fraction of sp³-hybridized carbons (Fsp3) is 0.500. The van der Waals surface area contributed by atoms with E-state index in [2.05, 4.69) is 10.3 Å². The number of aromatic nitrogens is 1. The summed E-state index contributed by atoms with van der Waals surface area (Å²) in [5.74, 6) is -1.43. The van der Waals surface area contributed by atoms with Gasteiger partial charge in [0, 0.05) is 17.8 Å². The van der Waals surface area contributed by atoms with Gasteiger partial charge in [0.25, 0.3) is 0 Å². The van der Waals surface area contributed by atoms with E-state index in [1.807, 2.05) is 0 Å². The zero-order valence-corrected chi connectivity index (χ0v) is 12.4. The Morgan fingerprint density at radius 3 is 2.81 bits per heavy atom. The predicted molar refractivity (Wildman–Crippen MR) is 76.4 cm³/mol. The molecule has 1 heterocycles. The monoisotopic (exact) mass is 312 g/mol. The van der Waals surface area contributed by atoms with Crippen molar-refractivity contribution in [3.05, 3.63) is 22.8 Å². The molecule has 1 fully saturated rings. The summed E-state index contributed by atoms with van der Waals surface area (Å²) in [4.78, 5) is 28.1. The Morgan fingerprint density at radius 2 is 2.29 bits per heavy atom. The average molecular weight is 313 g/mol. The zero-order valence-electron chi connectivity index (χ0n) is 11.6. The van der Waals surface area contributed by atoms with Crippen molar-refractivity contribution in [3.8, 4) is 5.88 Å². The first-order valence-corrected chi connectivity index (χ1v) is 7.22. The van der Waals surface area contributed by atoms with Crippen LogP contribution in [0.2, 0.25) is 5.02 Å². The third-order valence-corrected chi connectivity index (χ3v) is 3.68. The van der Waals surface area contributed by atoms with Crippen LogP contribution in [0.1, 0.15) is 36.5 Å². The summed E-state index contributed by atoms with van der Waals surface area (Å²) in [7, 11) is 0. The van der Waals surface area contributed by atoms with Crippen LogP contribution in [0.5, 0.6) is 5.88 Å². The molecular weight excluding hydrogens is 296 g/mol. The molecule has 114 valence electrons. The number of aromatic hydroxyl groups is 1. The molecule has 1 atom stereocenters. The lowest BCUT2D eigenvalue weighted by molar-refractivity contribution is -0.144. The third-order valence-electron chi connectivity index (χ3n) is 3.40. The summed E-state index contributed by atoms with van der Waals surface area (Å²) in [6.07, 6.45) is 4.13. The second-order valence-electron chi connectivity index (χ2n) is 4.87. The van der Waals surface area contributed by atoms with Gasteiger partial charge in [-0.15, -0.1) is 0 Å². The lowest BCUT2D eigenvalue weighted by Crippen LogP contribution is -2.51. The van der Waals surface area contributed by atoms with Crippen LogP contribution in [-0.4, -0.2) is 40.5 Å². The number of ketones is 1. The van der Waals surface area contributed by atoms with E-state index >= 15 is 0 Å². The maximum absolute atomic E-state index is 12.5. The highest BCUT2D eigenvalue weighted by molar-refractivity contribution is 6.32. The molecule has 1 aromatic rings. The van der Waals surface area contributed by atoms with Gasteiger partial charge in [0.1, 0.15) is 5.02 Å². The number of rotatable bonds is 6. The van der Waals surface area contributed by atoms with Crippen LogP contribution in [0.25, 0.3) is 0 Å². The fourth-order valence-corrected chi connectivity index (χ4v) is 2.19. The number of hydrogen-bond donors (Lipinski definition) is 2. The van der Waals surface area contributed by atoms with Crippen LogP contribution >= 0.6 is 11.6 Å². The van der Waals surface area contributed by atoms with Crippen molar-refractivity contribution >= 4 is 23.4 Å². The van der Waals surface area contributed by atoms with Gasteiger partial charge in [-0.2, -0.15) is 0 Å². The van der Waals surface area contributed by atoms with E-state index in [1.54, 1.807) is 6.92 Å². The standard InChI is InChI=1S/C14H17ClN2O4/c1-2-21-14(20)11(17-9-4-3-5-9)12(18)8-6-10(15)13(19)16-7-8/h6-7,9,11,17H,2-5H2,1H3,(H,16,19). The summed E-state index contributed by atoms with van der Waals surface area (Å²) in [6.45, 7) is 1.88. The van der Waals surface area contributed by atoms with Gasteiger partial charge in [-0.05, 0) is 25.8 Å². The molecule has 0 spiro atoms. The third kappa shape index (κ3) is 3.71. The number of nitrogens with zero attached hydrogens (tertiary/aromatic N) is 1. The van der Waals surface area contributed by atoms with Gasteiger partial charge in [0.2, 0.25) is 5.88 Å². The van der Waals surface area contributed by atoms with Gasteiger partial charge in [0.05, 0.1) is 6.61 Å². The summed E-state index contributed by atoms with van der Waals surface area (Å²) in [5, 5.41) is 12.3. The highest BCUT2D eigenvalue weighted by Gasteiger charge is 2.33. The van der Waals surface area contributed by atoms with Crippen molar-refractivity contribution in [3.63, 3.8) is 0 Å². The average Bonchev–Trinajstić information content (AvgIpc) is 2.40. The molecule has 1 unspecified atom stereocenters. The molecule has 1 aliphatic carbocycles. The zero-order chi connectivity index (χ0) is 15.4. The largest absolute Gasteiger partial charge is 0.492 e. The lowest BCUT2D eigenvalue weighted by Gasteiger charge is -2.29. The van der Waals surface area contributed by atoms with Crippen molar-refractivity contribution in [2.75, 3.05) is 6.61 Å². The Balaban J connectivity index is 2.18. The lowest BCUT2D eigenvalue weighted by atomic mass is 9.91. The SMILES string of the molecule is CCOC(=O)C(NC1CCC1)C(=O)c1cnc(O)c(Cl)c1. The second kappa shape index (κ2) is 6.87. The van der Waals surface area contributed by atoms with E-state index in [4.69, 9.17) is 16.3 Å². The number of carbonyl (C=O) groups excluding carboxylic acids is 2. The van der Waals surface area contributed by atoms with E-state index < -0.39 is 17.8 Å². The summed E-state index contributed by atoms with van der Waals surface area (Å²) < 4.78 is 4.95. The highest BCUT2D eigenvalue weighted by Crippen LogP contribution is 2.23. The van der Waals surface area contributed by atoms with Crippen LogP contribution in [0.4, 0.5) is 0 Å². The number of nitrogens with one attached hydrogen (secondary N) is 1. The number of pyridine rings is 1. The smallest absolute Gasteiger partial charge is 0.331 e. The minimum absolute atomic E-state index is 0.0351. The van der Waals surface area contributed by atoms with Gasteiger partial charge in [-0.3, -0.25) is 10.1 Å². The molecule has 0 radical (unpaired) electrons. The van der Waals surface area contributed by atoms with Gasteiger partial charge in [0.15, 0.2) is 11.8 Å². The molecule has 0 aliphatic heterocycles. The summed E-state index contributed by atoms with van der Waals surface area (Å²) >= 11 is 5.75. The Bertz CT molecular complexity index is 546. The molecule has 1 aromatic heterocycles. The molecule has 1 saturated carbocycles. The van der Waals surface area contributed by atoms with Crippen LogP contribution in [0.3, 0.4) is 0 Å². The van der Waals surface area contributed by atoms with Gasteiger partial charge < -0.3 is 9.84 Å². The molecule has 7 heteroatoms. The first-order chi connectivity index (χ1) is 10.0. The van der Waals surface area contributed by atoms with Crippen molar-refractivity contribution in [1.29, 1.82) is 0 Å². The molecule has 0 saturated heterocycles. The van der Waals surface area contributed by atoms with Crippen LogP contribution in [-0.2, 0) is 9.53 Å². The normalized spacial score (nSPS) is 16.1. The molecule has 6 nitrogen and oxygen atoms in total. The fourth-order valence-electron chi connectivity index (χ4n) is 2.02. The van der Waals surface area contributed by atoms with Gasteiger partial charge in [-0.1, -0.05) is 18.0 Å². The van der Waals surface area contributed by atoms with E-state index in [9.17, 15) is 14.7 Å².